The first-order chi connectivity index (χ1) is 9.06. The topological polar surface area (TPSA) is 41.1 Å². The van der Waals surface area contributed by atoms with Crippen molar-refractivity contribution >= 4 is 11.7 Å². The predicted molar refractivity (Wildman–Crippen MR) is 74.5 cm³/mol. The number of carbonyl (C=O) groups is 1. The molecule has 3 atom stereocenters. The lowest BCUT2D eigenvalue weighted by Gasteiger charge is -2.34. The average Bonchev–Trinajstić information content (AvgIpc) is 2.38. The second-order valence-corrected chi connectivity index (χ2v) is 5.48. The largest absolute Gasteiger partial charge is 0.335 e. The van der Waals surface area contributed by atoms with Crippen LogP contribution in [0.1, 0.15) is 33.1 Å². The van der Waals surface area contributed by atoms with Crippen molar-refractivity contribution in [2.24, 2.45) is 11.8 Å². The van der Waals surface area contributed by atoms with Gasteiger partial charge in [0.25, 0.3) is 0 Å². The van der Waals surface area contributed by atoms with Crippen LogP contribution in [0, 0.1) is 17.7 Å². The van der Waals surface area contributed by atoms with E-state index < -0.39 is 0 Å². The highest BCUT2D eigenvalue weighted by Gasteiger charge is 2.28. The molecule has 0 unspecified atom stereocenters. The molecule has 0 saturated heterocycles. The normalized spacial score (nSPS) is 26.8. The summed E-state index contributed by atoms with van der Waals surface area (Å²) in [5.41, 5.74) is 0.607. The Kier molecular flexibility index (Phi) is 4.40. The highest BCUT2D eigenvalue weighted by atomic mass is 19.1. The molecule has 1 aromatic carbocycles. The zero-order valence-electron chi connectivity index (χ0n) is 11.4. The van der Waals surface area contributed by atoms with Crippen molar-refractivity contribution in [1.82, 2.24) is 5.32 Å². The summed E-state index contributed by atoms with van der Waals surface area (Å²) in [6.07, 6.45) is 3.42. The molecular weight excluding hydrogens is 243 g/mol. The molecule has 2 N–H and O–H groups in total. The van der Waals surface area contributed by atoms with E-state index in [2.05, 4.69) is 24.5 Å². The Morgan fingerprint density at radius 3 is 2.58 bits per heavy atom. The zero-order chi connectivity index (χ0) is 13.8. The van der Waals surface area contributed by atoms with Crippen LogP contribution >= 0.6 is 0 Å². The van der Waals surface area contributed by atoms with Gasteiger partial charge in [-0.1, -0.05) is 26.7 Å². The Hall–Kier alpha value is -1.58. The van der Waals surface area contributed by atoms with Gasteiger partial charge in [0.05, 0.1) is 0 Å². The van der Waals surface area contributed by atoms with Gasteiger partial charge in [-0.15, -0.1) is 0 Å². The van der Waals surface area contributed by atoms with Crippen molar-refractivity contribution in [3.8, 4) is 0 Å². The van der Waals surface area contributed by atoms with E-state index in [0.717, 1.165) is 12.8 Å². The van der Waals surface area contributed by atoms with E-state index in [1.807, 2.05) is 0 Å². The monoisotopic (exact) mass is 264 g/mol. The van der Waals surface area contributed by atoms with E-state index in [1.54, 1.807) is 12.1 Å². The highest BCUT2D eigenvalue weighted by Crippen LogP contribution is 2.29. The van der Waals surface area contributed by atoms with Crippen LogP contribution in [0.2, 0.25) is 0 Å². The van der Waals surface area contributed by atoms with Crippen LogP contribution in [0.4, 0.5) is 14.9 Å². The van der Waals surface area contributed by atoms with Gasteiger partial charge in [-0.3, -0.25) is 0 Å². The first-order valence-corrected chi connectivity index (χ1v) is 6.89. The molecule has 0 radical (unpaired) electrons. The molecule has 0 bridgehead atoms. The first-order valence-electron chi connectivity index (χ1n) is 6.89. The van der Waals surface area contributed by atoms with Crippen LogP contribution in [0.5, 0.6) is 0 Å². The molecule has 19 heavy (non-hydrogen) atoms. The third kappa shape index (κ3) is 3.69. The fourth-order valence-corrected chi connectivity index (χ4v) is 2.65. The second kappa shape index (κ2) is 6.04. The van der Waals surface area contributed by atoms with Gasteiger partial charge in [-0.05, 0) is 42.5 Å². The molecular formula is C15H21FN2O. The average molecular weight is 264 g/mol. The van der Waals surface area contributed by atoms with Crippen LogP contribution in [0.3, 0.4) is 0 Å². The van der Waals surface area contributed by atoms with Gasteiger partial charge in [-0.25, -0.2) is 9.18 Å². The molecule has 1 aliphatic rings. The van der Waals surface area contributed by atoms with Crippen LogP contribution in [0.25, 0.3) is 0 Å². The number of halogens is 1. The maximum atomic E-state index is 12.8. The number of rotatable bonds is 2. The standard InChI is InChI=1S/C15H21FN2O/c1-10-4-3-5-14(11(10)2)18-15(19)17-13-8-6-12(16)7-9-13/h6-11,14H,3-5H2,1-2H3,(H2,17,18,19)/t10-,11+,14-/m1/s1. The van der Waals surface area contributed by atoms with Crippen molar-refractivity contribution in [3.63, 3.8) is 0 Å². The van der Waals surface area contributed by atoms with Crippen LogP contribution in [0.15, 0.2) is 24.3 Å². The summed E-state index contributed by atoms with van der Waals surface area (Å²) in [6, 6.07) is 5.80. The molecule has 0 aromatic heterocycles. The van der Waals surface area contributed by atoms with Crippen LogP contribution in [-0.2, 0) is 0 Å². The number of anilines is 1. The van der Waals surface area contributed by atoms with Gasteiger partial charge in [0, 0.05) is 11.7 Å². The summed E-state index contributed by atoms with van der Waals surface area (Å²) in [5, 5.41) is 5.75. The fraction of sp³-hybridized carbons (Fsp3) is 0.533. The van der Waals surface area contributed by atoms with Crippen LogP contribution in [-0.4, -0.2) is 12.1 Å². The van der Waals surface area contributed by atoms with Crippen molar-refractivity contribution in [2.75, 3.05) is 5.32 Å². The number of urea groups is 1. The van der Waals surface area contributed by atoms with Gasteiger partial charge < -0.3 is 10.6 Å². The third-order valence-electron chi connectivity index (χ3n) is 4.13. The fourth-order valence-electron chi connectivity index (χ4n) is 2.65. The molecule has 1 saturated carbocycles. The summed E-state index contributed by atoms with van der Waals surface area (Å²) in [6.45, 7) is 4.42. The predicted octanol–water partition coefficient (Wildman–Crippen LogP) is 3.77. The van der Waals surface area contributed by atoms with E-state index in [9.17, 15) is 9.18 Å². The van der Waals surface area contributed by atoms with Crippen molar-refractivity contribution in [3.05, 3.63) is 30.1 Å². The molecule has 0 heterocycles. The van der Waals surface area contributed by atoms with Crippen LogP contribution < -0.4 is 10.6 Å². The van der Waals surface area contributed by atoms with Gasteiger partial charge in [0.15, 0.2) is 0 Å². The molecule has 1 aromatic rings. The van der Waals surface area contributed by atoms with Crippen molar-refractivity contribution in [1.29, 1.82) is 0 Å². The minimum Gasteiger partial charge on any atom is -0.335 e. The molecule has 2 amide bonds. The smallest absolute Gasteiger partial charge is 0.319 e. The molecule has 1 fully saturated rings. The quantitative estimate of drug-likeness (QED) is 0.838. The zero-order valence-corrected chi connectivity index (χ0v) is 11.4. The molecule has 104 valence electrons. The number of amides is 2. The highest BCUT2D eigenvalue weighted by molar-refractivity contribution is 5.89. The Labute approximate surface area is 113 Å². The van der Waals surface area contributed by atoms with E-state index in [0.29, 0.717) is 17.5 Å². The Balaban J connectivity index is 1.88. The number of carbonyl (C=O) groups excluding carboxylic acids is 1. The van der Waals surface area contributed by atoms with E-state index in [1.165, 1.54) is 18.6 Å². The number of hydrogen-bond acceptors (Lipinski definition) is 1. The lowest BCUT2D eigenvalue weighted by atomic mass is 9.78. The molecule has 0 spiro atoms. The van der Waals surface area contributed by atoms with Gasteiger partial charge in [-0.2, -0.15) is 0 Å². The molecule has 0 aliphatic heterocycles. The van der Waals surface area contributed by atoms with Crippen molar-refractivity contribution < 1.29 is 9.18 Å². The summed E-state index contributed by atoms with van der Waals surface area (Å²) < 4.78 is 12.8. The molecule has 4 heteroatoms. The number of nitrogens with one attached hydrogen (secondary N) is 2. The third-order valence-corrected chi connectivity index (χ3v) is 4.13. The maximum absolute atomic E-state index is 12.8. The number of benzene rings is 1. The summed E-state index contributed by atoms with van der Waals surface area (Å²) in [7, 11) is 0. The van der Waals surface area contributed by atoms with Crippen molar-refractivity contribution in [2.45, 2.75) is 39.2 Å². The number of hydrogen-bond donors (Lipinski definition) is 2. The lowest BCUT2D eigenvalue weighted by molar-refractivity contribution is 0.201. The summed E-state index contributed by atoms with van der Waals surface area (Å²) in [5.74, 6) is 0.832. The molecule has 3 nitrogen and oxygen atoms in total. The molecule has 1 aliphatic carbocycles. The SMILES string of the molecule is C[C@H]1[C@H](C)CCC[C@H]1NC(=O)Nc1ccc(F)cc1. The van der Waals surface area contributed by atoms with E-state index in [4.69, 9.17) is 0 Å². The van der Waals surface area contributed by atoms with Gasteiger partial charge in [0.1, 0.15) is 5.82 Å². The first kappa shape index (κ1) is 13.8. The lowest BCUT2D eigenvalue weighted by Crippen LogP contribution is -2.45. The van der Waals surface area contributed by atoms with E-state index >= 15 is 0 Å². The summed E-state index contributed by atoms with van der Waals surface area (Å²) in [4.78, 5) is 11.9. The van der Waals surface area contributed by atoms with Gasteiger partial charge >= 0.3 is 6.03 Å². The Bertz CT molecular complexity index is 432. The Morgan fingerprint density at radius 2 is 1.89 bits per heavy atom. The maximum Gasteiger partial charge on any atom is 0.319 e. The molecule has 2 rings (SSSR count). The summed E-state index contributed by atoms with van der Waals surface area (Å²) >= 11 is 0. The van der Waals surface area contributed by atoms with Gasteiger partial charge in [0.2, 0.25) is 0 Å². The second-order valence-electron chi connectivity index (χ2n) is 5.48. The van der Waals surface area contributed by atoms with E-state index in [-0.39, 0.29) is 17.9 Å². The Morgan fingerprint density at radius 1 is 1.21 bits per heavy atom. The minimum absolute atomic E-state index is 0.211. The minimum atomic E-state index is -0.305.